The highest BCUT2D eigenvalue weighted by Crippen LogP contribution is 2.31. The maximum Gasteiger partial charge on any atom is 0.415 e. The molecule has 0 radical (unpaired) electrons. The summed E-state index contributed by atoms with van der Waals surface area (Å²) in [7, 11) is 1.26. The van der Waals surface area contributed by atoms with E-state index >= 15 is 0 Å². The van der Waals surface area contributed by atoms with Crippen LogP contribution in [0.4, 0.5) is 16.2 Å². The second kappa shape index (κ2) is 8.14. The van der Waals surface area contributed by atoms with Gasteiger partial charge in [-0.2, -0.15) is 0 Å². The van der Waals surface area contributed by atoms with Crippen molar-refractivity contribution in [2.45, 2.75) is 19.9 Å². The lowest BCUT2D eigenvalue weighted by Crippen LogP contribution is -2.44. The molecule has 0 aliphatic heterocycles. The summed E-state index contributed by atoms with van der Waals surface area (Å²) in [6.07, 6.45) is -0.652. The molecule has 0 heterocycles. The molecule has 0 bridgehead atoms. The maximum absolute atomic E-state index is 12.5. The van der Waals surface area contributed by atoms with Crippen LogP contribution in [-0.4, -0.2) is 36.7 Å². The average molecular weight is 396 g/mol. The number of non-ortho nitro benzene ring substituents is 1. The predicted octanol–water partition coefficient (Wildman–Crippen LogP) is 4.43. The summed E-state index contributed by atoms with van der Waals surface area (Å²) in [4.78, 5) is 36.3. The van der Waals surface area contributed by atoms with Crippen molar-refractivity contribution in [1.29, 1.82) is 0 Å². The van der Waals surface area contributed by atoms with Crippen molar-refractivity contribution in [3.8, 4) is 0 Å². The van der Waals surface area contributed by atoms with Crippen molar-refractivity contribution >= 4 is 45.0 Å². The first-order chi connectivity index (χ1) is 13.9. The van der Waals surface area contributed by atoms with Gasteiger partial charge in [0.1, 0.15) is 6.04 Å². The Balaban J connectivity index is 2.11. The van der Waals surface area contributed by atoms with Crippen LogP contribution < -0.4 is 4.90 Å². The summed E-state index contributed by atoms with van der Waals surface area (Å²) >= 11 is 0. The van der Waals surface area contributed by atoms with Gasteiger partial charge in [0.15, 0.2) is 0 Å². The number of carbonyl (C=O) groups is 2. The van der Waals surface area contributed by atoms with Crippen molar-refractivity contribution in [2.75, 3.05) is 18.6 Å². The van der Waals surface area contributed by atoms with Crippen LogP contribution in [0, 0.1) is 10.1 Å². The molecule has 1 unspecified atom stereocenters. The lowest BCUT2D eigenvalue weighted by atomic mass is 10.0. The highest BCUT2D eigenvalue weighted by atomic mass is 16.6. The Kier molecular flexibility index (Phi) is 5.63. The number of fused-ring (bicyclic) bond motifs is 3. The van der Waals surface area contributed by atoms with E-state index in [2.05, 4.69) is 0 Å². The Morgan fingerprint density at radius 3 is 2.28 bits per heavy atom. The average Bonchev–Trinajstić information content (AvgIpc) is 2.72. The van der Waals surface area contributed by atoms with Crippen LogP contribution in [-0.2, 0) is 14.3 Å². The van der Waals surface area contributed by atoms with Crippen LogP contribution in [0.2, 0.25) is 0 Å². The summed E-state index contributed by atoms with van der Waals surface area (Å²) in [5.41, 5.74) is 0.504. The van der Waals surface area contributed by atoms with Gasteiger partial charge in [0.2, 0.25) is 0 Å². The van der Waals surface area contributed by atoms with Gasteiger partial charge in [0.05, 0.1) is 18.6 Å². The molecule has 0 saturated heterocycles. The topological polar surface area (TPSA) is 99.0 Å². The predicted molar refractivity (Wildman–Crippen MR) is 109 cm³/mol. The van der Waals surface area contributed by atoms with Crippen LogP contribution in [0.25, 0.3) is 21.5 Å². The van der Waals surface area contributed by atoms with E-state index in [0.29, 0.717) is 5.69 Å². The van der Waals surface area contributed by atoms with Crippen molar-refractivity contribution in [1.82, 2.24) is 0 Å². The number of ether oxygens (including phenoxy) is 2. The van der Waals surface area contributed by atoms with Gasteiger partial charge in [-0.15, -0.1) is 0 Å². The molecule has 8 heteroatoms. The number of carbonyl (C=O) groups excluding carboxylic acids is 2. The SMILES string of the molecule is CCOC(=O)N(c1ccc2c(ccc3cc([N+](=O)[O-])ccc32)c1)C(C)C(=O)OC. The Morgan fingerprint density at radius 2 is 1.69 bits per heavy atom. The van der Waals surface area contributed by atoms with Gasteiger partial charge >= 0.3 is 12.1 Å². The number of esters is 1. The van der Waals surface area contributed by atoms with Crippen molar-refractivity contribution in [2.24, 2.45) is 0 Å². The van der Waals surface area contributed by atoms with E-state index < -0.39 is 23.0 Å². The molecule has 8 nitrogen and oxygen atoms in total. The zero-order valence-corrected chi connectivity index (χ0v) is 16.2. The van der Waals surface area contributed by atoms with Crippen LogP contribution in [0.3, 0.4) is 0 Å². The van der Waals surface area contributed by atoms with Gasteiger partial charge in [0, 0.05) is 17.8 Å². The third-order valence-corrected chi connectivity index (χ3v) is 4.69. The van der Waals surface area contributed by atoms with Gasteiger partial charge < -0.3 is 9.47 Å². The molecule has 0 aliphatic carbocycles. The van der Waals surface area contributed by atoms with E-state index in [4.69, 9.17) is 9.47 Å². The Bertz CT molecular complexity index is 1110. The van der Waals surface area contributed by atoms with Crippen LogP contribution in [0.1, 0.15) is 13.8 Å². The number of benzene rings is 3. The fraction of sp³-hybridized carbons (Fsp3) is 0.238. The van der Waals surface area contributed by atoms with Crippen molar-refractivity contribution in [3.63, 3.8) is 0 Å². The van der Waals surface area contributed by atoms with Crippen LogP contribution >= 0.6 is 0 Å². The molecule has 0 aromatic heterocycles. The minimum atomic E-state index is -0.875. The van der Waals surface area contributed by atoms with Crippen molar-refractivity contribution in [3.05, 3.63) is 58.6 Å². The summed E-state index contributed by atoms with van der Waals surface area (Å²) in [6, 6.07) is 12.7. The fourth-order valence-electron chi connectivity index (χ4n) is 3.27. The van der Waals surface area contributed by atoms with Gasteiger partial charge in [-0.05, 0) is 53.6 Å². The Hall–Kier alpha value is -3.68. The van der Waals surface area contributed by atoms with E-state index in [9.17, 15) is 19.7 Å². The highest BCUT2D eigenvalue weighted by molar-refractivity contribution is 6.09. The number of nitro groups is 1. The first-order valence-corrected chi connectivity index (χ1v) is 9.02. The molecule has 1 atom stereocenters. The molecule has 0 spiro atoms. The molecular formula is C21H20N2O6. The molecule has 0 aliphatic rings. The van der Waals surface area contributed by atoms with E-state index in [1.54, 1.807) is 38.1 Å². The number of nitro benzene ring substituents is 1. The third-order valence-electron chi connectivity index (χ3n) is 4.69. The molecule has 3 aromatic carbocycles. The van der Waals surface area contributed by atoms with Crippen LogP contribution in [0.15, 0.2) is 48.5 Å². The quantitative estimate of drug-likeness (QED) is 0.274. The highest BCUT2D eigenvalue weighted by Gasteiger charge is 2.29. The number of rotatable bonds is 5. The molecule has 0 N–H and O–H groups in total. The summed E-state index contributed by atoms with van der Waals surface area (Å²) in [6.45, 7) is 3.41. The van der Waals surface area contributed by atoms with Gasteiger partial charge in [-0.25, -0.2) is 9.59 Å². The molecule has 3 rings (SSSR count). The number of hydrogen-bond acceptors (Lipinski definition) is 6. The maximum atomic E-state index is 12.5. The fourth-order valence-corrected chi connectivity index (χ4v) is 3.27. The minimum absolute atomic E-state index is 0.0221. The number of anilines is 1. The van der Waals surface area contributed by atoms with E-state index in [1.165, 1.54) is 24.1 Å². The lowest BCUT2D eigenvalue weighted by Gasteiger charge is -2.27. The van der Waals surface area contributed by atoms with Gasteiger partial charge in [-0.1, -0.05) is 18.2 Å². The summed E-state index contributed by atoms with van der Waals surface area (Å²) in [5.74, 6) is -0.566. The largest absolute Gasteiger partial charge is 0.467 e. The Labute approximate surface area is 166 Å². The van der Waals surface area contributed by atoms with Crippen molar-refractivity contribution < 1.29 is 24.0 Å². The monoisotopic (exact) mass is 396 g/mol. The lowest BCUT2D eigenvalue weighted by molar-refractivity contribution is -0.384. The smallest absolute Gasteiger partial charge is 0.415 e. The number of methoxy groups -OCH3 is 1. The second-order valence-corrected chi connectivity index (χ2v) is 6.40. The first-order valence-electron chi connectivity index (χ1n) is 9.02. The Morgan fingerprint density at radius 1 is 1.07 bits per heavy atom. The van der Waals surface area contributed by atoms with Gasteiger partial charge in [0.25, 0.3) is 5.69 Å². The number of amides is 1. The molecule has 150 valence electrons. The summed E-state index contributed by atoms with van der Waals surface area (Å²) < 4.78 is 9.88. The first kappa shape index (κ1) is 20.1. The molecule has 1 amide bonds. The second-order valence-electron chi connectivity index (χ2n) is 6.40. The molecule has 0 fully saturated rings. The molecule has 0 saturated carbocycles. The van der Waals surface area contributed by atoms with Gasteiger partial charge in [-0.3, -0.25) is 15.0 Å². The zero-order valence-electron chi connectivity index (χ0n) is 16.2. The number of nitrogens with zero attached hydrogens (tertiary/aromatic N) is 2. The normalized spacial score (nSPS) is 11.8. The third kappa shape index (κ3) is 3.82. The summed E-state index contributed by atoms with van der Waals surface area (Å²) in [5, 5.41) is 14.3. The van der Waals surface area contributed by atoms with E-state index in [-0.39, 0.29) is 12.3 Å². The van der Waals surface area contributed by atoms with Crippen LogP contribution in [0.5, 0.6) is 0 Å². The molecule has 29 heavy (non-hydrogen) atoms. The molecule has 3 aromatic rings. The van der Waals surface area contributed by atoms with E-state index in [1.807, 2.05) is 12.1 Å². The minimum Gasteiger partial charge on any atom is -0.467 e. The van der Waals surface area contributed by atoms with E-state index in [0.717, 1.165) is 21.5 Å². The number of hydrogen-bond donors (Lipinski definition) is 0. The standard InChI is InChI=1S/C21H20N2O6/c1-4-29-21(25)22(13(2)20(24)28-3)16-7-9-18-14(11-16)5-6-15-12-17(23(26)27)8-10-19(15)18/h5-13H,4H2,1-3H3. The zero-order chi connectivity index (χ0) is 21.1. The molecular weight excluding hydrogens is 376 g/mol.